The van der Waals surface area contributed by atoms with Crippen LogP contribution in [0.2, 0.25) is 0 Å². The Morgan fingerprint density at radius 2 is 1.92 bits per heavy atom. The molecule has 1 aliphatic rings. The van der Waals surface area contributed by atoms with E-state index in [-0.39, 0.29) is 17.0 Å². The number of sulfone groups is 1. The molecular formula is C18H28FN3O2S. The van der Waals surface area contributed by atoms with Gasteiger partial charge in [0.05, 0.1) is 10.5 Å². The predicted octanol–water partition coefficient (Wildman–Crippen LogP) is 2.19. The van der Waals surface area contributed by atoms with E-state index in [2.05, 4.69) is 24.2 Å². The standard InChI is InChI=1S/C18H28FN3O2S/c1-17(2,14-6-8-15(19)9-7-14)12-21-16(20-5)22-10-11-25(23,24)18(3,4)13-22/h6-9H,10-13H2,1-5H3,(H,20,21). The van der Waals surface area contributed by atoms with Crippen molar-refractivity contribution in [3.05, 3.63) is 35.6 Å². The van der Waals surface area contributed by atoms with Crippen molar-refractivity contribution in [2.24, 2.45) is 4.99 Å². The Morgan fingerprint density at radius 1 is 1.32 bits per heavy atom. The lowest BCUT2D eigenvalue weighted by molar-refractivity contribution is 0.349. The van der Waals surface area contributed by atoms with Gasteiger partial charge in [-0.05, 0) is 31.5 Å². The summed E-state index contributed by atoms with van der Waals surface area (Å²) in [5.74, 6) is 0.570. The molecule has 5 nitrogen and oxygen atoms in total. The summed E-state index contributed by atoms with van der Waals surface area (Å²) in [5.41, 5.74) is 0.805. The lowest BCUT2D eigenvalue weighted by atomic mass is 9.84. The lowest BCUT2D eigenvalue weighted by Crippen LogP contribution is -2.58. The van der Waals surface area contributed by atoms with Crippen LogP contribution in [0.5, 0.6) is 0 Å². The minimum absolute atomic E-state index is 0.127. The molecule has 0 bridgehead atoms. The Labute approximate surface area is 150 Å². The molecule has 7 heteroatoms. The maximum Gasteiger partial charge on any atom is 0.193 e. The summed E-state index contributed by atoms with van der Waals surface area (Å²) in [6, 6.07) is 6.50. The molecule has 1 aromatic carbocycles. The molecule has 0 aromatic heterocycles. The molecule has 1 aromatic rings. The minimum Gasteiger partial charge on any atom is -0.355 e. The second-order valence-corrected chi connectivity index (χ2v) is 10.5. The molecule has 1 N–H and O–H groups in total. The van der Waals surface area contributed by atoms with E-state index >= 15 is 0 Å². The van der Waals surface area contributed by atoms with Crippen molar-refractivity contribution in [3.8, 4) is 0 Å². The number of rotatable bonds is 3. The van der Waals surface area contributed by atoms with Crippen molar-refractivity contribution >= 4 is 15.8 Å². The van der Waals surface area contributed by atoms with Gasteiger partial charge in [-0.3, -0.25) is 4.99 Å². The number of aliphatic imine (C=N–C) groups is 1. The zero-order chi connectivity index (χ0) is 18.9. The van der Waals surface area contributed by atoms with Crippen LogP contribution in [-0.4, -0.2) is 56.5 Å². The molecule has 1 aliphatic heterocycles. The Morgan fingerprint density at radius 3 is 2.44 bits per heavy atom. The molecule has 0 spiro atoms. The van der Waals surface area contributed by atoms with Crippen LogP contribution < -0.4 is 5.32 Å². The summed E-state index contributed by atoms with van der Waals surface area (Å²) >= 11 is 0. The number of hydrogen-bond acceptors (Lipinski definition) is 3. The van der Waals surface area contributed by atoms with Crippen molar-refractivity contribution < 1.29 is 12.8 Å². The molecule has 140 valence electrons. The molecule has 2 rings (SSSR count). The monoisotopic (exact) mass is 369 g/mol. The fourth-order valence-electron chi connectivity index (χ4n) is 2.96. The number of guanidine groups is 1. The van der Waals surface area contributed by atoms with Crippen molar-refractivity contribution in [1.82, 2.24) is 10.2 Å². The highest BCUT2D eigenvalue weighted by Gasteiger charge is 2.41. The maximum absolute atomic E-state index is 13.1. The predicted molar refractivity (Wildman–Crippen MR) is 100 cm³/mol. The van der Waals surface area contributed by atoms with E-state index in [1.54, 1.807) is 33.0 Å². The van der Waals surface area contributed by atoms with Crippen LogP contribution >= 0.6 is 0 Å². The molecule has 25 heavy (non-hydrogen) atoms. The summed E-state index contributed by atoms with van der Waals surface area (Å²) in [6.07, 6.45) is 0. The second kappa shape index (κ2) is 6.94. The van der Waals surface area contributed by atoms with E-state index in [1.165, 1.54) is 12.1 Å². The van der Waals surface area contributed by atoms with Gasteiger partial charge in [0.2, 0.25) is 0 Å². The molecule has 0 atom stereocenters. The van der Waals surface area contributed by atoms with Gasteiger partial charge in [-0.25, -0.2) is 12.8 Å². The molecule has 0 saturated carbocycles. The first kappa shape index (κ1) is 19.7. The third-order valence-corrected chi connectivity index (χ3v) is 7.40. The largest absolute Gasteiger partial charge is 0.355 e. The Bertz CT molecular complexity index is 740. The third kappa shape index (κ3) is 4.32. The van der Waals surface area contributed by atoms with E-state index in [1.807, 2.05) is 4.90 Å². The van der Waals surface area contributed by atoms with Crippen molar-refractivity contribution in [2.45, 2.75) is 37.9 Å². The maximum atomic E-state index is 13.1. The van der Waals surface area contributed by atoms with Crippen LogP contribution in [0.3, 0.4) is 0 Å². The van der Waals surface area contributed by atoms with Gasteiger partial charge >= 0.3 is 0 Å². The van der Waals surface area contributed by atoms with Crippen LogP contribution in [0.15, 0.2) is 29.3 Å². The molecule has 1 saturated heterocycles. The number of hydrogen-bond donors (Lipinski definition) is 1. The first-order valence-electron chi connectivity index (χ1n) is 8.42. The lowest BCUT2D eigenvalue weighted by Gasteiger charge is -2.40. The summed E-state index contributed by atoms with van der Waals surface area (Å²) in [5, 5.41) is 3.34. The summed E-state index contributed by atoms with van der Waals surface area (Å²) in [4.78, 5) is 6.30. The molecule has 1 fully saturated rings. The van der Waals surface area contributed by atoms with Crippen molar-refractivity contribution in [3.63, 3.8) is 0 Å². The smallest absolute Gasteiger partial charge is 0.193 e. The third-order valence-electron chi connectivity index (χ3n) is 4.87. The zero-order valence-corrected chi connectivity index (χ0v) is 16.5. The van der Waals surface area contributed by atoms with E-state index in [0.29, 0.717) is 25.6 Å². The molecule has 0 amide bonds. The summed E-state index contributed by atoms with van der Waals surface area (Å²) < 4.78 is 36.7. The van der Waals surface area contributed by atoms with E-state index in [4.69, 9.17) is 0 Å². The first-order valence-corrected chi connectivity index (χ1v) is 10.1. The van der Waals surface area contributed by atoms with Crippen molar-refractivity contribution in [1.29, 1.82) is 0 Å². The van der Waals surface area contributed by atoms with Gasteiger partial charge in [-0.1, -0.05) is 26.0 Å². The molecule has 1 heterocycles. The van der Waals surface area contributed by atoms with Crippen LogP contribution in [0.4, 0.5) is 4.39 Å². The van der Waals surface area contributed by atoms with Crippen LogP contribution in [0, 0.1) is 5.82 Å². The van der Waals surface area contributed by atoms with Gasteiger partial charge in [-0.15, -0.1) is 0 Å². The normalized spacial score (nSPS) is 20.4. The Balaban J connectivity index is 2.07. The average molecular weight is 370 g/mol. The molecular weight excluding hydrogens is 341 g/mol. The molecule has 0 unspecified atom stereocenters. The Hall–Kier alpha value is -1.63. The van der Waals surface area contributed by atoms with Gasteiger partial charge < -0.3 is 10.2 Å². The summed E-state index contributed by atoms with van der Waals surface area (Å²) in [7, 11) is -1.39. The van der Waals surface area contributed by atoms with Gasteiger partial charge in [0.25, 0.3) is 0 Å². The fourth-order valence-corrected chi connectivity index (χ4v) is 4.33. The molecule has 0 radical (unpaired) electrons. The average Bonchev–Trinajstić information content (AvgIpc) is 2.51. The summed E-state index contributed by atoms with van der Waals surface area (Å²) in [6.45, 7) is 9.11. The van der Waals surface area contributed by atoms with Crippen molar-refractivity contribution in [2.75, 3.05) is 32.4 Å². The number of nitrogens with one attached hydrogen (secondary N) is 1. The topological polar surface area (TPSA) is 61.8 Å². The number of nitrogens with zero attached hydrogens (tertiary/aromatic N) is 2. The van der Waals surface area contributed by atoms with E-state index in [0.717, 1.165) is 5.56 Å². The van der Waals surface area contributed by atoms with Gasteiger partial charge in [0.15, 0.2) is 15.8 Å². The second-order valence-electron chi connectivity index (χ2n) is 7.79. The van der Waals surface area contributed by atoms with Gasteiger partial charge in [0, 0.05) is 32.1 Å². The van der Waals surface area contributed by atoms with Crippen LogP contribution in [0.25, 0.3) is 0 Å². The number of benzene rings is 1. The molecule has 0 aliphatic carbocycles. The Kier molecular flexibility index (Phi) is 5.47. The highest BCUT2D eigenvalue weighted by molar-refractivity contribution is 7.92. The highest BCUT2D eigenvalue weighted by Crippen LogP contribution is 2.25. The quantitative estimate of drug-likeness (QED) is 0.655. The van der Waals surface area contributed by atoms with Gasteiger partial charge in [-0.2, -0.15) is 0 Å². The zero-order valence-electron chi connectivity index (χ0n) is 15.6. The first-order chi connectivity index (χ1) is 11.5. The van der Waals surface area contributed by atoms with E-state index in [9.17, 15) is 12.8 Å². The minimum atomic E-state index is -3.09. The fraction of sp³-hybridized carbons (Fsp3) is 0.611. The number of halogens is 1. The van der Waals surface area contributed by atoms with E-state index < -0.39 is 14.6 Å². The van der Waals surface area contributed by atoms with Crippen LogP contribution in [0.1, 0.15) is 33.3 Å². The van der Waals surface area contributed by atoms with Crippen LogP contribution in [-0.2, 0) is 15.3 Å². The SMILES string of the molecule is CN=C(NCC(C)(C)c1ccc(F)cc1)N1CCS(=O)(=O)C(C)(C)C1. The van der Waals surface area contributed by atoms with Gasteiger partial charge in [0.1, 0.15) is 5.82 Å². The highest BCUT2D eigenvalue weighted by atomic mass is 32.2.